The predicted octanol–water partition coefficient (Wildman–Crippen LogP) is 2.35. The first-order chi connectivity index (χ1) is 12.4. The quantitative estimate of drug-likeness (QED) is 0.554. The van der Waals surface area contributed by atoms with Gasteiger partial charge in [-0.25, -0.2) is 4.39 Å². The van der Waals surface area contributed by atoms with Crippen molar-refractivity contribution in [2.24, 2.45) is 7.05 Å². The van der Waals surface area contributed by atoms with Crippen molar-refractivity contribution in [1.29, 1.82) is 0 Å². The fourth-order valence-electron chi connectivity index (χ4n) is 2.41. The first kappa shape index (κ1) is 18.4. The van der Waals surface area contributed by atoms with Gasteiger partial charge in [0.15, 0.2) is 0 Å². The van der Waals surface area contributed by atoms with Gasteiger partial charge in [-0.2, -0.15) is 0 Å². The summed E-state index contributed by atoms with van der Waals surface area (Å²) in [7, 11) is 1.46. The number of benzene rings is 1. The van der Waals surface area contributed by atoms with Crippen LogP contribution in [0.4, 0.5) is 15.8 Å². The van der Waals surface area contributed by atoms with Crippen LogP contribution in [-0.4, -0.2) is 22.9 Å². The Labute approximate surface area is 160 Å². The van der Waals surface area contributed by atoms with Crippen LogP contribution in [0.1, 0.15) is 0 Å². The van der Waals surface area contributed by atoms with Crippen molar-refractivity contribution in [1.82, 2.24) is 4.57 Å². The van der Waals surface area contributed by atoms with E-state index in [1.807, 2.05) is 22.6 Å². The summed E-state index contributed by atoms with van der Waals surface area (Å²) in [6.07, 6.45) is 1.08. The zero-order valence-corrected chi connectivity index (χ0v) is 15.7. The largest absolute Gasteiger partial charge is 0.484 e. The second-order valence-corrected chi connectivity index (χ2v) is 6.63. The number of aliphatic hydroxyl groups excluding tert-OH is 1. The molecule has 2 N–H and O–H groups in total. The van der Waals surface area contributed by atoms with Crippen LogP contribution in [0, 0.1) is 9.39 Å². The molecule has 9 heteroatoms. The first-order valence-electron chi connectivity index (χ1n) is 7.53. The summed E-state index contributed by atoms with van der Waals surface area (Å²) in [6, 6.07) is 5.71. The van der Waals surface area contributed by atoms with E-state index in [2.05, 4.69) is 5.32 Å². The normalized spacial score (nSPS) is 10.9. The molecule has 0 amide bonds. The average molecular weight is 472 g/mol. The Bertz CT molecular complexity index is 1090. The number of halogens is 2. The number of aryl methyl sites for hydroxylation is 1. The van der Waals surface area contributed by atoms with Gasteiger partial charge in [0.25, 0.3) is 5.56 Å². The van der Waals surface area contributed by atoms with Gasteiger partial charge in [0, 0.05) is 16.7 Å². The smallest absolute Gasteiger partial charge is 0.255 e. The van der Waals surface area contributed by atoms with Gasteiger partial charge in [0.05, 0.1) is 18.0 Å². The van der Waals surface area contributed by atoms with Gasteiger partial charge >= 0.3 is 0 Å². The average Bonchev–Trinajstić information content (AvgIpc) is 2.60. The molecule has 26 heavy (non-hydrogen) atoms. The molecule has 0 spiro atoms. The summed E-state index contributed by atoms with van der Waals surface area (Å²) >= 11 is 1.98. The van der Waals surface area contributed by atoms with E-state index >= 15 is 0 Å². The van der Waals surface area contributed by atoms with E-state index in [-0.39, 0.29) is 41.4 Å². The van der Waals surface area contributed by atoms with Gasteiger partial charge in [-0.1, -0.05) is 0 Å². The van der Waals surface area contributed by atoms with Crippen LogP contribution in [0.5, 0.6) is 5.75 Å². The molecule has 0 radical (unpaired) electrons. The number of nitrogens with one attached hydrogen (secondary N) is 1. The van der Waals surface area contributed by atoms with Crippen LogP contribution < -0.4 is 21.0 Å². The molecule has 2 heterocycles. The summed E-state index contributed by atoms with van der Waals surface area (Å²) in [4.78, 5) is 24.9. The molecule has 0 aliphatic rings. The van der Waals surface area contributed by atoms with E-state index in [4.69, 9.17) is 14.3 Å². The third-order valence-corrected chi connectivity index (χ3v) is 4.33. The molecule has 0 fully saturated rings. The van der Waals surface area contributed by atoms with Crippen molar-refractivity contribution in [2.75, 3.05) is 18.5 Å². The second-order valence-electron chi connectivity index (χ2n) is 5.39. The van der Waals surface area contributed by atoms with Gasteiger partial charge in [0.1, 0.15) is 24.1 Å². The monoisotopic (exact) mass is 472 g/mol. The van der Waals surface area contributed by atoms with Gasteiger partial charge in [-0.3, -0.25) is 14.2 Å². The van der Waals surface area contributed by atoms with E-state index < -0.39 is 16.8 Å². The van der Waals surface area contributed by atoms with Crippen molar-refractivity contribution in [2.45, 2.75) is 0 Å². The molecule has 0 saturated carbocycles. The topological polar surface area (TPSA) is 93.7 Å². The standard InChI is InChI=1S/C17H14FIN2O5/c1-21-14(23)7-12(20-11-3-2-9(19)6-10(11)18)15-16(24)13(25-5-4-22)8-26-17(15)21/h2-3,6-8,20,22H,4-5H2,1H3. The lowest BCUT2D eigenvalue weighted by Crippen LogP contribution is -2.21. The maximum Gasteiger partial charge on any atom is 0.255 e. The van der Waals surface area contributed by atoms with Crippen LogP contribution in [0.15, 0.2) is 44.5 Å². The van der Waals surface area contributed by atoms with E-state index in [9.17, 15) is 14.0 Å². The van der Waals surface area contributed by atoms with Crippen LogP contribution in [0.2, 0.25) is 0 Å². The SMILES string of the molecule is Cn1c(=O)cc(Nc2ccc(I)cc2F)c2c(=O)c(OCCO)coc21. The zero-order valence-electron chi connectivity index (χ0n) is 13.6. The number of anilines is 2. The molecule has 0 aliphatic carbocycles. The summed E-state index contributed by atoms with van der Waals surface area (Å²) < 4.78 is 26.6. The number of nitrogens with zero attached hydrogens (tertiary/aromatic N) is 1. The highest BCUT2D eigenvalue weighted by molar-refractivity contribution is 14.1. The van der Waals surface area contributed by atoms with Crippen molar-refractivity contribution in [3.05, 3.63) is 60.5 Å². The number of aromatic nitrogens is 1. The fraction of sp³-hybridized carbons (Fsp3) is 0.176. The minimum atomic E-state index is -0.538. The van der Waals surface area contributed by atoms with E-state index in [0.29, 0.717) is 3.57 Å². The molecule has 3 rings (SSSR count). The Balaban J connectivity index is 2.21. The lowest BCUT2D eigenvalue weighted by molar-refractivity contribution is 0.198. The molecule has 1 aromatic carbocycles. The van der Waals surface area contributed by atoms with Gasteiger partial charge in [0.2, 0.25) is 16.9 Å². The number of rotatable bonds is 5. The van der Waals surface area contributed by atoms with Crippen molar-refractivity contribution >= 4 is 45.1 Å². The van der Waals surface area contributed by atoms with Crippen LogP contribution in [-0.2, 0) is 7.05 Å². The van der Waals surface area contributed by atoms with E-state index in [1.165, 1.54) is 29.8 Å². The lowest BCUT2D eigenvalue weighted by atomic mass is 10.2. The summed E-state index contributed by atoms with van der Waals surface area (Å²) in [6.45, 7) is -0.361. The maximum atomic E-state index is 14.2. The fourth-order valence-corrected chi connectivity index (χ4v) is 2.86. The molecule has 2 aromatic heterocycles. The van der Waals surface area contributed by atoms with Crippen LogP contribution >= 0.6 is 22.6 Å². The van der Waals surface area contributed by atoms with Crippen LogP contribution in [0.3, 0.4) is 0 Å². The Morgan fingerprint density at radius 1 is 1.31 bits per heavy atom. The molecule has 136 valence electrons. The lowest BCUT2D eigenvalue weighted by Gasteiger charge is -2.13. The molecular weight excluding hydrogens is 458 g/mol. The van der Waals surface area contributed by atoms with E-state index in [1.54, 1.807) is 6.07 Å². The first-order valence-corrected chi connectivity index (χ1v) is 8.61. The number of hydrogen-bond acceptors (Lipinski definition) is 6. The molecule has 0 aliphatic heterocycles. The number of pyridine rings is 1. The molecule has 3 aromatic rings. The molecule has 7 nitrogen and oxygen atoms in total. The summed E-state index contributed by atoms with van der Waals surface area (Å²) in [5.41, 5.74) is -0.735. The molecule has 0 unspecified atom stereocenters. The highest BCUT2D eigenvalue weighted by Crippen LogP contribution is 2.26. The third-order valence-electron chi connectivity index (χ3n) is 3.66. The second kappa shape index (κ2) is 7.46. The number of ether oxygens (including phenoxy) is 1. The highest BCUT2D eigenvalue weighted by atomic mass is 127. The predicted molar refractivity (Wildman–Crippen MR) is 103 cm³/mol. The Hall–Kier alpha value is -2.40. The third kappa shape index (κ3) is 3.44. The Morgan fingerprint density at radius 3 is 2.77 bits per heavy atom. The van der Waals surface area contributed by atoms with Gasteiger partial charge < -0.3 is 19.6 Å². The Kier molecular flexibility index (Phi) is 5.28. The van der Waals surface area contributed by atoms with Crippen LogP contribution in [0.25, 0.3) is 11.1 Å². The minimum absolute atomic E-state index is 0.0206. The highest BCUT2D eigenvalue weighted by Gasteiger charge is 2.17. The number of fused-ring (bicyclic) bond motifs is 1. The van der Waals surface area contributed by atoms with Crippen molar-refractivity contribution in [3.63, 3.8) is 0 Å². The molecule has 0 atom stereocenters. The maximum absolute atomic E-state index is 14.2. The molecule has 0 bridgehead atoms. The van der Waals surface area contributed by atoms with Gasteiger partial charge in [-0.05, 0) is 40.8 Å². The Morgan fingerprint density at radius 2 is 2.08 bits per heavy atom. The van der Waals surface area contributed by atoms with Crippen molar-refractivity contribution in [3.8, 4) is 5.75 Å². The number of aliphatic hydroxyl groups is 1. The summed E-state index contributed by atoms with van der Waals surface area (Å²) in [5.74, 6) is -0.640. The van der Waals surface area contributed by atoms with Crippen molar-refractivity contribution < 1.29 is 18.7 Å². The zero-order chi connectivity index (χ0) is 18.8. The van der Waals surface area contributed by atoms with E-state index in [0.717, 1.165) is 6.26 Å². The molecule has 0 saturated heterocycles. The summed E-state index contributed by atoms with van der Waals surface area (Å²) in [5, 5.41) is 11.7. The van der Waals surface area contributed by atoms with Gasteiger partial charge in [-0.15, -0.1) is 0 Å². The number of hydrogen-bond donors (Lipinski definition) is 2. The minimum Gasteiger partial charge on any atom is -0.484 e. The molecular formula is C17H14FIN2O5.